The van der Waals surface area contributed by atoms with Gasteiger partial charge in [0.05, 0.1) is 0 Å². The highest BCUT2D eigenvalue weighted by atomic mass is 16.4. The second-order valence-electron chi connectivity index (χ2n) is 5.13. The van der Waals surface area contributed by atoms with Gasteiger partial charge in [-0.3, -0.25) is 4.79 Å². The summed E-state index contributed by atoms with van der Waals surface area (Å²) in [5.74, 6) is -0.475. The third kappa shape index (κ3) is 2.48. The number of nitrogens with zero attached hydrogens (tertiary/aromatic N) is 2. The fraction of sp³-hybridized carbons (Fsp3) is 0.118. The summed E-state index contributed by atoms with van der Waals surface area (Å²) in [6.07, 6.45) is 2.86. The Morgan fingerprint density at radius 2 is 1.95 bits per heavy atom. The van der Waals surface area contributed by atoms with E-state index >= 15 is 0 Å². The van der Waals surface area contributed by atoms with E-state index in [1.807, 2.05) is 30.3 Å². The maximum absolute atomic E-state index is 12.1. The molecule has 110 valence electrons. The van der Waals surface area contributed by atoms with Crippen LogP contribution in [-0.4, -0.2) is 29.8 Å². The van der Waals surface area contributed by atoms with Crippen molar-refractivity contribution in [1.82, 2.24) is 9.88 Å². The number of aromatic nitrogens is 1. The molecule has 0 saturated carbocycles. The van der Waals surface area contributed by atoms with Crippen molar-refractivity contribution in [1.29, 1.82) is 0 Å². The maximum Gasteiger partial charge on any atom is 0.366 e. The summed E-state index contributed by atoms with van der Waals surface area (Å²) < 4.78 is 5.35. The van der Waals surface area contributed by atoms with Crippen LogP contribution in [0.1, 0.15) is 10.5 Å². The molecule has 0 fully saturated rings. The Morgan fingerprint density at radius 3 is 2.73 bits per heavy atom. The van der Waals surface area contributed by atoms with Gasteiger partial charge in [-0.15, -0.1) is 0 Å². The van der Waals surface area contributed by atoms with E-state index in [0.29, 0.717) is 11.1 Å². The highest BCUT2D eigenvalue weighted by Gasteiger charge is 2.14. The lowest BCUT2D eigenvalue weighted by Crippen LogP contribution is -2.16. The first-order valence-electron chi connectivity index (χ1n) is 6.78. The average Bonchev–Trinajstić information content (AvgIpc) is 2.52. The van der Waals surface area contributed by atoms with Crippen molar-refractivity contribution in [3.05, 3.63) is 64.8 Å². The number of fused-ring (bicyclic) bond motifs is 3. The van der Waals surface area contributed by atoms with Crippen LogP contribution in [0.2, 0.25) is 0 Å². The first-order chi connectivity index (χ1) is 10.6. The number of carbonyl (C=O) groups is 1. The van der Waals surface area contributed by atoms with E-state index in [0.717, 1.165) is 10.8 Å². The van der Waals surface area contributed by atoms with Gasteiger partial charge in [-0.1, -0.05) is 30.3 Å². The SMILES string of the molecule is CN(C)C=CC(=O)c1nc2ccc3ccccc3c2oc1=O. The number of benzene rings is 2. The molecule has 3 rings (SSSR count). The minimum absolute atomic E-state index is 0.208. The zero-order chi connectivity index (χ0) is 15.7. The predicted molar refractivity (Wildman–Crippen MR) is 84.9 cm³/mol. The Morgan fingerprint density at radius 1 is 1.18 bits per heavy atom. The van der Waals surface area contributed by atoms with Crippen LogP contribution >= 0.6 is 0 Å². The fourth-order valence-electron chi connectivity index (χ4n) is 2.19. The molecular weight excluding hydrogens is 280 g/mol. The van der Waals surface area contributed by atoms with Crippen molar-refractivity contribution in [2.24, 2.45) is 0 Å². The second-order valence-corrected chi connectivity index (χ2v) is 5.13. The molecule has 1 aromatic heterocycles. The Kier molecular flexibility index (Phi) is 3.47. The summed E-state index contributed by atoms with van der Waals surface area (Å²) in [5, 5.41) is 1.75. The Balaban J connectivity index is 2.19. The molecule has 0 unspecified atom stereocenters. The van der Waals surface area contributed by atoms with Gasteiger partial charge in [-0.2, -0.15) is 0 Å². The lowest BCUT2D eigenvalue weighted by atomic mass is 10.1. The second kappa shape index (κ2) is 5.44. The largest absolute Gasteiger partial charge is 0.419 e. The van der Waals surface area contributed by atoms with Crippen molar-refractivity contribution in [2.45, 2.75) is 0 Å². The van der Waals surface area contributed by atoms with Gasteiger partial charge in [0.25, 0.3) is 0 Å². The molecule has 22 heavy (non-hydrogen) atoms. The number of hydrogen-bond donors (Lipinski definition) is 0. The standard InChI is InChI=1S/C17H14N2O3/c1-19(2)10-9-14(20)15-17(21)22-16-12-6-4-3-5-11(12)7-8-13(16)18-15/h3-10H,1-2H3. The predicted octanol–water partition coefficient (Wildman–Crippen LogP) is 2.60. The van der Waals surface area contributed by atoms with E-state index in [4.69, 9.17) is 4.42 Å². The summed E-state index contributed by atoms with van der Waals surface area (Å²) in [4.78, 5) is 30.0. The van der Waals surface area contributed by atoms with E-state index in [2.05, 4.69) is 4.98 Å². The number of rotatable bonds is 3. The summed E-state index contributed by atoms with van der Waals surface area (Å²) in [5.41, 5.74) is -0.0470. The van der Waals surface area contributed by atoms with E-state index < -0.39 is 11.4 Å². The minimum Gasteiger partial charge on any atom is -0.419 e. The molecule has 0 spiro atoms. The number of allylic oxidation sites excluding steroid dienone is 1. The molecule has 0 N–H and O–H groups in total. The molecule has 0 aliphatic rings. The van der Waals surface area contributed by atoms with Crippen molar-refractivity contribution < 1.29 is 9.21 Å². The van der Waals surface area contributed by atoms with Gasteiger partial charge in [0.1, 0.15) is 5.52 Å². The molecule has 0 aliphatic carbocycles. The average molecular weight is 294 g/mol. The third-order valence-corrected chi connectivity index (χ3v) is 3.24. The molecule has 0 atom stereocenters. The molecule has 0 aliphatic heterocycles. The van der Waals surface area contributed by atoms with Gasteiger partial charge in [0, 0.05) is 31.8 Å². The molecule has 3 aromatic rings. The van der Waals surface area contributed by atoms with Crippen molar-refractivity contribution in [3.8, 4) is 0 Å². The third-order valence-electron chi connectivity index (χ3n) is 3.24. The molecular formula is C17H14N2O3. The molecule has 2 aromatic carbocycles. The smallest absolute Gasteiger partial charge is 0.366 e. The maximum atomic E-state index is 12.1. The number of hydrogen-bond acceptors (Lipinski definition) is 5. The van der Waals surface area contributed by atoms with Crippen LogP contribution in [0.5, 0.6) is 0 Å². The highest BCUT2D eigenvalue weighted by molar-refractivity contribution is 6.06. The number of ketones is 1. The van der Waals surface area contributed by atoms with Crippen LogP contribution in [0, 0.1) is 0 Å². The summed E-state index contributed by atoms with van der Waals surface area (Å²) in [6, 6.07) is 11.2. The molecule has 1 heterocycles. The van der Waals surface area contributed by atoms with Crippen LogP contribution in [-0.2, 0) is 0 Å². The molecule has 5 heteroatoms. The normalized spacial score (nSPS) is 11.4. The van der Waals surface area contributed by atoms with Gasteiger partial charge >= 0.3 is 5.63 Å². The van der Waals surface area contributed by atoms with Crippen LogP contribution in [0.3, 0.4) is 0 Å². The minimum atomic E-state index is -0.725. The van der Waals surface area contributed by atoms with Gasteiger partial charge in [0.15, 0.2) is 11.3 Å². The van der Waals surface area contributed by atoms with Crippen molar-refractivity contribution >= 4 is 27.7 Å². The molecule has 5 nitrogen and oxygen atoms in total. The van der Waals surface area contributed by atoms with Crippen LogP contribution in [0.25, 0.3) is 21.9 Å². The van der Waals surface area contributed by atoms with E-state index in [-0.39, 0.29) is 5.69 Å². The Labute approximate surface area is 126 Å². The van der Waals surface area contributed by atoms with E-state index in [1.165, 1.54) is 6.08 Å². The van der Waals surface area contributed by atoms with Crippen molar-refractivity contribution in [3.63, 3.8) is 0 Å². The quantitative estimate of drug-likeness (QED) is 0.422. The summed E-state index contributed by atoms with van der Waals surface area (Å²) in [7, 11) is 3.57. The Bertz CT molecular complexity index is 955. The van der Waals surface area contributed by atoms with E-state index in [1.54, 1.807) is 31.3 Å². The molecule has 0 bridgehead atoms. The summed E-state index contributed by atoms with van der Waals surface area (Å²) >= 11 is 0. The zero-order valence-corrected chi connectivity index (χ0v) is 12.2. The molecule has 0 radical (unpaired) electrons. The number of carbonyl (C=O) groups excluding carboxylic acids is 1. The molecule has 0 amide bonds. The first-order valence-corrected chi connectivity index (χ1v) is 6.78. The van der Waals surface area contributed by atoms with Crippen LogP contribution in [0.4, 0.5) is 0 Å². The zero-order valence-electron chi connectivity index (χ0n) is 12.2. The molecule has 0 saturated heterocycles. The van der Waals surface area contributed by atoms with Gasteiger partial charge in [-0.05, 0) is 11.5 Å². The lowest BCUT2D eigenvalue weighted by molar-refractivity contribution is 0.103. The van der Waals surface area contributed by atoms with Crippen LogP contribution < -0.4 is 5.63 Å². The van der Waals surface area contributed by atoms with E-state index in [9.17, 15) is 9.59 Å². The fourth-order valence-corrected chi connectivity index (χ4v) is 2.19. The van der Waals surface area contributed by atoms with Crippen LogP contribution in [0.15, 0.2) is 57.9 Å². The van der Waals surface area contributed by atoms with Crippen molar-refractivity contribution in [2.75, 3.05) is 14.1 Å². The highest BCUT2D eigenvalue weighted by Crippen LogP contribution is 2.23. The Hall–Kier alpha value is -2.95. The monoisotopic (exact) mass is 294 g/mol. The topological polar surface area (TPSA) is 63.4 Å². The summed E-state index contributed by atoms with van der Waals surface area (Å²) in [6.45, 7) is 0. The van der Waals surface area contributed by atoms with Gasteiger partial charge < -0.3 is 9.32 Å². The van der Waals surface area contributed by atoms with Gasteiger partial charge in [0.2, 0.25) is 5.78 Å². The first kappa shape index (κ1) is 14.0. The van der Waals surface area contributed by atoms with Gasteiger partial charge in [-0.25, -0.2) is 9.78 Å². The lowest BCUT2D eigenvalue weighted by Gasteiger charge is -2.04.